The van der Waals surface area contributed by atoms with Gasteiger partial charge in [-0.1, -0.05) is 48.6 Å². The third kappa shape index (κ3) is 5.58. The number of methoxy groups -OCH3 is 1. The highest BCUT2D eigenvalue weighted by Gasteiger charge is 2.25. The minimum atomic E-state index is 0.154. The molecule has 28 heavy (non-hydrogen) atoms. The van der Waals surface area contributed by atoms with Gasteiger partial charge in [-0.15, -0.1) is 0 Å². The Labute approximate surface area is 167 Å². The van der Waals surface area contributed by atoms with Crippen molar-refractivity contribution in [1.29, 1.82) is 0 Å². The summed E-state index contributed by atoms with van der Waals surface area (Å²) < 4.78 is 5.16. The topological polar surface area (TPSA) is 56.2 Å². The van der Waals surface area contributed by atoms with Crippen molar-refractivity contribution in [3.05, 3.63) is 65.7 Å². The molecule has 0 aliphatic carbocycles. The van der Waals surface area contributed by atoms with Crippen molar-refractivity contribution in [3.63, 3.8) is 0 Å². The van der Waals surface area contributed by atoms with Gasteiger partial charge < -0.3 is 14.9 Å². The first-order valence-corrected chi connectivity index (χ1v) is 9.84. The molecule has 3 rings (SSSR count). The minimum Gasteiger partial charge on any atom is -0.504 e. The van der Waals surface area contributed by atoms with Gasteiger partial charge in [-0.3, -0.25) is 9.80 Å². The van der Waals surface area contributed by atoms with Gasteiger partial charge in [-0.05, 0) is 29.7 Å². The number of rotatable bonds is 8. The molecule has 0 saturated carbocycles. The maximum atomic E-state index is 9.69. The average molecular weight is 383 g/mol. The van der Waals surface area contributed by atoms with E-state index in [9.17, 15) is 10.2 Å². The molecule has 0 bridgehead atoms. The first kappa shape index (κ1) is 20.4. The molecule has 1 aliphatic heterocycles. The molecule has 1 aliphatic rings. The van der Waals surface area contributed by atoms with Crippen molar-refractivity contribution in [1.82, 2.24) is 9.80 Å². The first-order chi connectivity index (χ1) is 13.7. The largest absolute Gasteiger partial charge is 0.504 e. The van der Waals surface area contributed by atoms with Crippen LogP contribution in [0.3, 0.4) is 0 Å². The molecule has 1 heterocycles. The van der Waals surface area contributed by atoms with Crippen molar-refractivity contribution < 1.29 is 14.9 Å². The van der Waals surface area contributed by atoms with Gasteiger partial charge in [-0.2, -0.15) is 0 Å². The monoisotopic (exact) mass is 382 g/mol. The van der Waals surface area contributed by atoms with Gasteiger partial charge >= 0.3 is 0 Å². The SMILES string of the molecule is COc1cc(C=CCN2CCN(Cc3ccccc3)C(CCO)C2)ccc1O. The van der Waals surface area contributed by atoms with Crippen LogP contribution in [-0.2, 0) is 6.54 Å². The quantitative estimate of drug-likeness (QED) is 0.735. The highest BCUT2D eigenvalue weighted by molar-refractivity contribution is 5.55. The number of nitrogens with zero attached hydrogens (tertiary/aromatic N) is 2. The number of ether oxygens (including phenoxy) is 1. The van der Waals surface area contributed by atoms with Crippen LogP contribution >= 0.6 is 0 Å². The molecule has 0 aromatic heterocycles. The van der Waals surface area contributed by atoms with Gasteiger partial charge in [0.25, 0.3) is 0 Å². The van der Waals surface area contributed by atoms with Crippen LogP contribution in [0.2, 0.25) is 0 Å². The number of aliphatic hydroxyl groups excluding tert-OH is 1. The van der Waals surface area contributed by atoms with Crippen LogP contribution in [0.5, 0.6) is 11.5 Å². The number of hydrogen-bond donors (Lipinski definition) is 2. The van der Waals surface area contributed by atoms with Crippen LogP contribution in [-0.4, -0.2) is 66.0 Å². The van der Waals surface area contributed by atoms with Crippen LogP contribution in [0.25, 0.3) is 6.08 Å². The maximum absolute atomic E-state index is 9.69. The molecule has 1 fully saturated rings. The third-order valence-corrected chi connectivity index (χ3v) is 5.26. The van der Waals surface area contributed by atoms with E-state index in [2.05, 4.69) is 46.2 Å². The normalized spacial score (nSPS) is 18.6. The molecule has 1 unspecified atom stereocenters. The van der Waals surface area contributed by atoms with Crippen LogP contribution in [0.15, 0.2) is 54.6 Å². The molecular weight excluding hydrogens is 352 g/mol. The summed E-state index contributed by atoms with van der Waals surface area (Å²) >= 11 is 0. The molecule has 2 aromatic carbocycles. The molecule has 0 amide bonds. The highest BCUT2D eigenvalue weighted by Crippen LogP contribution is 2.26. The Morgan fingerprint density at radius 1 is 1.14 bits per heavy atom. The van der Waals surface area contributed by atoms with E-state index in [1.54, 1.807) is 13.2 Å². The Balaban J connectivity index is 1.56. The van der Waals surface area contributed by atoms with E-state index < -0.39 is 0 Å². The van der Waals surface area contributed by atoms with Crippen LogP contribution in [0, 0.1) is 0 Å². The molecule has 0 spiro atoms. The van der Waals surface area contributed by atoms with Crippen LogP contribution < -0.4 is 4.74 Å². The van der Waals surface area contributed by atoms with Gasteiger partial charge in [0.1, 0.15) is 0 Å². The Morgan fingerprint density at radius 2 is 1.96 bits per heavy atom. The van der Waals surface area contributed by atoms with Gasteiger partial charge in [0.05, 0.1) is 7.11 Å². The minimum absolute atomic E-state index is 0.154. The zero-order chi connectivity index (χ0) is 19.8. The summed E-state index contributed by atoms with van der Waals surface area (Å²) in [7, 11) is 1.55. The number of phenolic OH excluding ortho intramolecular Hbond substituents is 1. The summed E-state index contributed by atoms with van der Waals surface area (Å²) in [5.41, 5.74) is 2.32. The molecule has 2 N–H and O–H groups in total. The van der Waals surface area contributed by atoms with Crippen molar-refractivity contribution >= 4 is 6.08 Å². The second-order valence-electron chi connectivity index (χ2n) is 7.22. The fourth-order valence-corrected chi connectivity index (χ4v) is 3.71. The van der Waals surface area contributed by atoms with Crippen molar-refractivity contribution in [2.24, 2.45) is 0 Å². The third-order valence-electron chi connectivity index (χ3n) is 5.26. The van der Waals surface area contributed by atoms with E-state index in [0.29, 0.717) is 11.8 Å². The fourth-order valence-electron chi connectivity index (χ4n) is 3.71. The molecule has 1 saturated heterocycles. The van der Waals surface area contributed by atoms with Crippen molar-refractivity contribution in [3.8, 4) is 11.5 Å². The second-order valence-corrected chi connectivity index (χ2v) is 7.22. The van der Waals surface area contributed by atoms with Gasteiger partial charge in [0.15, 0.2) is 11.5 Å². The molecular formula is C23H30N2O3. The molecule has 5 nitrogen and oxygen atoms in total. The summed E-state index contributed by atoms with van der Waals surface area (Å²) in [6.45, 7) is 4.98. The Morgan fingerprint density at radius 3 is 2.71 bits per heavy atom. The summed E-state index contributed by atoms with van der Waals surface area (Å²) in [4.78, 5) is 4.91. The van der Waals surface area contributed by atoms with E-state index in [4.69, 9.17) is 4.74 Å². The first-order valence-electron chi connectivity index (χ1n) is 9.84. The number of aliphatic hydroxyl groups is 1. The molecule has 0 radical (unpaired) electrons. The number of phenols is 1. The average Bonchev–Trinajstić information content (AvgIpc) is 2.72. The number of piperazine rings is 1. The fraction of sp³-hybridized carbons (Fsp3) is 0.391. The lowest BCUT2D eigenvalue weighted by molar-refractivity contribution is 0.0597. The Bertz CT molecular complexity index is 764. The molecule has 5 heteroatoms. The van der Waals surface area contributed by atoms with Gasteiger partial charge in [0.2, 0.25) is 0 Å². The van der Waals surface area contributed by atoms with E-state index in [-0.39, 0.29) is 12.4 Å². The van der Waals surface area contributed by atoms with Crippen LogP contribution in [0.4, 0.5) is 0 Å². The van der Waals surface area contributed by atoms with Gasteiger partial charge in [0, 0.05) is 45.4 Å². The lowest BCUT2D eigenvalue weighted by Crippen LogP contribution is -2.52. The number of aromatic hydroxyl groups is 1. The van der Waals surface area contributed by atoms with E-state index >= 15 is 0 Å². The van der Waals surface area contributed by atoms with Gasteiger partial charge in [-0.25, -0.2) is 0 Å². The summed E-state index contributed by atoms with van der Waals surface area (Å²) in [5.74, 6) is 0.640. The maximum Gasteiger partial charge on any atom is 0.161 e. The second kappa shape index (κ2) is 10.3. The van der Waals surface area contributed by atoms with E-state index in [1.807, 2.05) is 18.2 Å². The predicted octanol–water partition coefficient (Wildman–Crippen LogP) is 2.98. The predicted molar refractivity (Wildman–Crippen MR) is 112 cm³/mol. The standard InChI is InChI=1S/C23H30N2O3/c1-28-23-16-19(9-10-22(23)27)8-5-12-24-13-14-25(21(18-24)11-15-26)17-20-6-3-2-4-7-20/h2-10,16,21,26-27H,11-15,17-18H2,1H3. The summed E-state index contributed by atoms with van der Waals surface area (Å²) in [5, 5.41) is 19.2. The zero-order valence-electron chi connectivity index (χ0n) is 16.5. The Kier molecular flexibility index (Phi) is 7.48. The lowest BCUT2D eigenvalue weighted by Gasteiger charge is -2.41. The smallest absolute Gasteiger partial charge is 0.161 e. The van der Waals surface area contributed by atoms with Crippen LogP contribution in [0.1, 0.15) is 17.5 Å². The molecule has 2 aromatic rings. The van der Waals surface area contributed by atoms with E-state index in [0.717, 1.165) is 44.7 Å². The van der Waals surface area contributed by atoms with Crippen molar-refractivity contribution in [2.45, 2.75) is 19.0 Å². The zero-order valence-corrected chi connectivity index (χ0v) is 16.5. The Hall–Kier alpha value is -2.34. The van der Waals surface area contributed by atoms with Crippen molar-refractivity contribution in [2.75, 3.05) is 39.9 Å². The number of benzene rings is 2. The summed E-state index contributed by atoms with van der Waals surface area (Å²) in [6.07, 6.45) is 5.00. The van der Waals surface area contributed by atoms with E-state index in [1.165, 1.54) is 5.56 Å². The highest BCUT2D eigenvalue weighted by atomic mass is 16.5. The molecule has 150 valence electrons. The number of hydrogen-bond acceptors (Lipinski definition) is 5. The summed E-state index contributed by atoms with van der Waals surface area (Å²) in [6, 6.07) is 16.3. The lowest BCUT2D eigenvalue weighted by atomic mass is 10.1. The molecule has 1 atom stereocenters.